The molecule has 2 aromatic rings. The molecule has 13 heteroatoms. The number of nitro groups is 1. The number of sulfonamides is 1. The minimum Gasteiger partial charge on any atom is -0.497 e. The van der Waals surface area contributed by atoms with Gasteiger partial charge in [0, 0.05) is 25.2 Å². The molecule has 1 saturated heterocycles. The Morgan fingerprint density at radius 2 is 1.78 bits per heavy atom. The Morgan fingerprint density at radius 3 is 2.38 bits per heavy atom. The van der Waals surface area contributed by atoms with Gasteiger partial charge in [-0.05, 0) is 38.0 Å². The number of carbonyl (C=O) groups is 2. The van der Waals surface area contributed by atoms with E-state index in [0.29, 0.717) is 18.6 Å². The number of esters is 1. The van der Waals surface area contributed by atoms with Gasteiger partial charge in [0.15, 0.2) is 4.90 Å². The van der Waals surface area contributed by atoms with E-state index in [1.807, 2.05) is 0 Å². The van der Waals surface area contributed by atoms with E-state index in [1.165, 1.54) is 49.5 Å². The normalized spacial score (nSPS) is 14.1. The number of hydrogen-bond donors (Lipinski definition) is 0. The molecule has 0 saturated carbocycles. The molecule has 1 heterocycles. The number of hydrogen-bond acceptors (Lipinski definition) is 9. The van der Waals surface area contributed by atoms with Crippen molar-refractivity contribution in [3.63, 3.8) is 0 Å². The standard InChI is InChI=1S/C24H29N3O9S/c1-4-36-24(29)17-11-13-25(14-12-17)23(28)16-26(19-10-9-18(34-2)15-21(19)35-3)37(32,33)22-8-6-5-7-20(22)27(30)31/h5-10,15,17H,4,11-14,16H2,1-3H3. The number of nitro benzene ring substituents is 1. The van der Waals surface area contributed by atoms with Gasteiger partial charge in [0.1, 0.15) is 18.0 Å². The number of piperidine rings is 1. The lowest BCUT2D eigenvalue weighted by Crippen LogP contribution is -2.47. The Morgan fingerprint density at radius 1 is 1.11 bits per heavy atom. The number of rotatable bonds is 10. The van der Waals surface area contributed by atoms with Crippen LogP contribution in [0.4, 0.5) is 11.4 Å². The van der Waals surface area contributed by atoms with Gasteiger partial charge in [-0.25, -0.2) is 8.42 Å². The Balaban J connectivity index is 1.98. The summed E-state index contributed by atoms with van der Waals surface area (Å²) in [5, 5.41) is 11.6. The van der Waals surface area contributed by atoms with Crippen LogP contribution in [0.3, 0.4) is 0 Å². The average Bonchev–Trinajstić information content (AvgIpc) is 2.91. The number of amides is 1. The van der Waals surface area contributed by atoms with Crippen molar-refractivity contribution in [3.8, 4) is 11.5 Å². The van der Waals surface area contributed by atoms with E-state index in [9.17, 15) is 28.1 Å². The Kier molecular flexibility index (Phi) is 8.92. The number of anilines is 1. The van der Waals surface area contributed by atoms with E-state index < -0.39 is 38.0 Å². The van der Waals surface area contributed by atoms with Gasteiger partial charge < -0.3 is 19.1 Å². The van der Waals surface area contributed by atoms with Crippen LogP contribution in [-0.4, -0.2) is 70.6 Å². The summed E-state index contributed by atoms with van der Waals surface area (Å²) < 4.78 is 44.0. The van der Waals surface area contributed by atoms with Crippen molar-refractivity contribution in [1.82, 2.24) is 4.90 Å². The van der Waals surface area contributed by atoms with Crippen molar-refractivity contribution in [2.24, 2.45) is 5.92 Å². The maximum absolute atomic E-state index is 13.8. The maximum Gasteiger partial charge on any atom is 0.309 e. The first-order chi connectivity index (χ1) is 17.6. The van der Waals surface area contributed by atoms with Gasteiger partial charge in [-0.1, -0.05) is 12.1 Å². The first kappa shape index (κ1) is 27.7. The van der Waals surface area contributed by atoms with E-state index in [2.05, 4.69) is 0 Å². The van der Waals surface area contributed by atoms with Crippen LogP contribution in [0.15, 0.2) is 47.4 Å². The van der Waals surface area contributed by atoms with E-state index in [-0.39, 0.29) is 43.0 Å². The topological polar surface area (TPSA) is 146 Å². The quantitative estimate of drug-likeness (QED) is 0.254. The molecule has 3 rings (SSSR count). The zero-order valence-corrected chi connectivity index (χ0v) is 21.6. The maximum atomic E-state index is 13.8. The van der Waals surface area contributed by atoms with Crippen LogP contribution >= 0.6 is 0 Å². The van der Waals surface area contributed by atoms with Gasteiger partial charge in [0.2, 0.25) is 5.91 Å². The van der Waals surface area contributed by atoms with Crippen LogP contribution in [0.1, 0.15) is 19.8 Å². The third kappa shape index (κ3) is 6.10. The molecular weight excluding hydrogens is 506 g/mol. The molecule has 0 aliphatic carbocycles. The second-order valence-corrected chi connectivity index (χ2v) is 10.0. The summed E-state index contributed by atoms with van der Waals surface area (Å²) in [6.07, 6.45) is 0.765. The molecule has 0 unspecified atom stereocenters. The summed E-state index contributed by atoms with van der Waals surface area (Å²) in [6, 6.07) is 9.27. The monoisotopic (exact) mass is 535 g/mol. The highest BCUT2D eigenvalue weighted by atomic mass is 32.2. The molecule has 0 radical (unpaired) electrons. The highest BCUT2D eigenvalue weighted by molar-refractivity contribution is 7.93. The predicted molar refractivity (Wildman–Crippen MR) is 133 cm³/mol. The van der Waals surface area contributed by atoms with Crippen molar-refractivity contribution in [2.45, 2.75) is 24.7 Å². The summed E-state index contributed by atoms with van der Waals surface area (Å²) >= 11 is 0. The molecule has 0 atom stereocenters. The van der Waals surface area contributed by atoms with Gasteiger partial charge >= 0.3 is 5.97 Å². The number of methoxy groups -OCH3 is 2. The SMILES string of the molecule is CCOC(=O)C1CCN(C(=O)CN(c2ccc(OC)cc2OC)S(=O)(=O)c2ccccc2[N+](=O)[O-])CC1. The van der Waals surface area contributed by atoms with Gasteiger partial charge in [-0.2, -0.15) is 0 Å². The van der Waals surface area contributed by atoms with Crippen molar-refractivity contribution in [2.75, 3.05) is 44.8 Å². The second kappa shape index (κ2) is 11.9. The number of likely N-dealkylation sites (tertiary alicyclic amines) is 1. The summed E-state index contributed by atoms with van der Waals surface area (Å²) in [7, 11) is -1.84. The molecule has 1 aliphatic heterocycles. The molecule has 0 N–H and O–H groups in total. The molecule has 1 aliphatic rings. The molecule has 37 heavy (non-hydrogen) atoms. The largest absolute Gasteiger partial charge is 0.497 e. The summed E-state index contributed by atoms with van der Waals surface area (Å²) in [4.78, 5) is 37.1. The molecule has 2 aromatic carbocycles. The highest BCUT2D eigenvalue weighted by Crippen LogP contribution is 2.37. The average molecular weight is 536 g/mol. The second-order valence-electron chi connectivity index (χ2n) is 8.18. The van der Waals surface area contributed by atoms with Gasteiger partial charge in [0.05, 0.1) is 37.4 Å². The number of nitrogens with zero attached hydrogens (tertiary/aromatic N) is 3. The van der Waals surface area contributed by atoms with Crippen LogP contribution < -0.4 is 13.8 Å². The van der Waals surface area contributed by atoms with Crippen LogP contribution in [0.25, 0.3) is 0 Å². The fourth-order valence-electron chi connectivity index (χ4n) is 4.08. The molecule has 12 nitrogen and oxygen atoms in total. The van der Waals surface area contributed by atoms with Crippen molar-refractivity contribution in [3.05, 3.63) is 52.6 Å². The first-order valence-electron chi connectivity index (χ1n) is 11.6. The molecule has 1 fully saturated rings. The first-order valence-corrected chi connectivity index (χ1v) is 13.0. The van der Waals surface area contributed by atoms with Crippen LogP contribution in [0, 0.1) is 16.0 Å². The van der Waals surface area contributed by atoms with Crippen LogP contribution in [0.2, 0.25) is 0 Å². The molecule has 200 valence electrons. The minimum atomic E-state index is -4.60. The molecule has 0 bridgehead atoms. The molecule has 0 aromatic heterocycles. The predicted octanol–water partition coefficient (Wildman–Crippen LogP) is 2.61. The zero-order valence-electron chi connectivity index (χ0n) is 20.8. The molecule has 0 spiro atoms. The van der Waals surface area contributed by atoms with E-state index in [0.717, 1.165) is 16.4 Å². The fourth-order valence-corrected chi connectivity index (χ4v) is 5.67. The summed E-state index contributed by atoms with van der Waals surface area (Å²) in [6.45, 7) is 1.82. The Hall–Kier alpha value is -3.87. The van der Waals surface area contributed by atoms with E-state index in [4.69, 9.17) is 14.2 Å². The Bertz CT molecular complexity index is 1260. The number of ether oxygens (including phenoxy) is 3. The number of carbonyl (C=O) groups excluding carboxylic acids is 2. The van der Waals surface area contributed by atoms with Crippen LogP contribution in [-0.2, 0) is 24.3 Å². The molecular formula is C24H29N3O9S. The van der Waals surface area contributed by atoms with E-state index in [1.54, 1.807) is 6.92 Å². The third-order valence-corrected chi connectivity index (χ3v) is 7.84. The van der Waals surface area contributed by atoms with Gasteiger partial charge in [-0.3, -0.25) is 24.0 Å². The lowest BCUT2D eigenvalue weighted by molar-refractivity contribution is -0.387. The zero-order chi connectivity index (χ0) is 27.2. The van der Waals surface area contributed by atoms with Crippen LogP contribution in [0.5, 0.6) is 11.5 Å². The van der Waals surface area contributed by atoms with Crippen molar-refractivity contribution in [1.29, 1.82) is 0 Å². The summed E-state index contributed by atoms with van der Waals surface area (Å²) in [5.74, 6) is -0.704. The van der Waals surface area contributed by atoms with Gasteiger partial charge in [0.25, 0.3) is 15.7 Å². The smallest absolute Gasteiger partial charge is 0.309 e. The number of para-hydroxylation sites is 1. The van der Waals surface area contributed by atoms with Crippen molar-refractivity contribution < 1.29 is 37.1 Å². The van der Waals surface area contributed by atoms with Gasteiger partial charge in [-0.15, -0.1) is 0 Å². The fraction of sp³-hybridized carbons (Fsp3) is 0.417. The van der Waals surface area contributed by atoms with Crippen molar-refractivity contribution >= 4 is 33.3 Å². The molecule has 1 amide bonds. The summed E-state index contributed by atoms with van der Waals surface area (Å²) in [5.41, 5.74) is -0.612. The lowest BCUT2D eigenvalue weighted by Gasteiger charge is -2.33. The third-order valence-electron chi connectivity index (χ3n) is 6.03. The Labute approximate surface area is 214 Å². The van der Waals surface area contributed by atoms with E-state index >= 15 is 0 Å². The highest BCUT2D eigenvalue weighted by Gasteiger charge is 2.36. The lowest BCUT2D eigenvalue weighted by atomic mass is 9.97. The number of benzene rings is 2. The minimum absolute atomic E-state index is 0.0104.